The maximum absolute atomic E-state index is 13.4. The second kappa shape index (κ2) is 12.5. The van der Waals surface area contributed by atoms with Crippen LogP contribution in [0.4, 0.5) is 13.2 Å². The zero-order valence-electron chi connectivity index (χ0n) is 23.2. The van der Waals surface area contributed by atoms with Crippen molar-refractivity contribution in [3.05, 3.63) is 29.8 Å². The molecule has 2 fully saturated rings. The van der Waals surface area contributed by atoms with E-state index in [0.29, 0.717) is 4.90 Å². The molecule has 0 aromatic heterocycles. The van der Waals surface area contributed by atoms with E-state index in [2.05, 4.69) is 0 Å². The fourth-order valence-corrected chi connectivity index (χ4v) is 5.79. The predicted octanol–water partition coefficient (Wildman–Crippen LogP) is 2.81. The van der Waals surface area contributed by atoms with Gasteiger partial charge in [-0.15, -0.1) is 0 Å². The second-order valence-electron chi connectivity index (χ2n) is 10.0. The summed E-state index contributed by atoms with van der Waals surface area (Å²) in [5, 5.41) is 1.81. The number of ether oxygens (including phenoxy) is 6. The molecule has 2 heterocycles. The Balaban J connectivity index is 2.19. The van der Waals surface area contributed by atoms with E-state index in [1.807, 2.05) is 12.2 Å². The largest absolute Gasteiger partial charge is 0.471 e. The molecular weight excluding hydrogens is 575 g/mol. The van der Waals surface area contributed by atoms with Gasteiger partial charge >= 0.3 is 30.0 Å². The molecule has 2 aliphatic heterocycles. The Bertz CT molecular complexity index is 1150. The van der Waals surface area contributed by atoms with Gasteiger partial charge in [0.1, 0.15) is 18.3 Å². The summed E-state index contributed by atoms with van der Waals surface area (Å²) in [6.07, 6.45) is -11.8. The number of alkyl halides is 3. The number of thioether (sulfide) groups is 1. The van der Waals surface area contributed by atoms with Crippen LogP contribution in [0.15, 0.2) is 29.2 Å². The Morgan fingerprint density at radius 1 is 1.07 bits per heavy atom. The molecule has 15 heteroatoms. The van der Waals surface area contributed by atoms with Crippen LogP contribution >= 0.6 is 11.8 Å². The van der Waals surface area contributed by atoms with Crippen molar-refractivity contribution in [3.63, 3.8) is 0 Å². The number of hydrogen-bond acceptors (Lipinski definition) is 11. The summed E-state index contributed by atoms with van der Waals surface area (Å²) < 4.78 is 73.8. The Morgan fingerprint density at radius 2 is 1.71 bits per heavy atom. The molecule has 0 unspecified atom stereocenters. The van der Waals surface area contributed by atoms with Crippen molar-refractivity contribution >= 4 is 35.6 Å². The lowest BCUT2D eigenvalue weighted by molar-refractivity contribution is -0.227. The molecule has 6 atom stereocenters. The van der Waals surface area contributed by atoms with Crippen LogP contribution in [0.25, 0.3) is 0 Å². The van der Waals surface area contributed by atoms with Crippen molar-refractivity contribution in [2.24, 2.45) is 0 Å². The highest BCUT2D eigenvalue weighted by molar-refractivity contribution is 8.01. The molecule has 1 N–H and O–H groups in total. The Kier molecular flexibility index (Phi) is 9.99. The molecule has 0 radical (unpaired) electrons. The van der Waals surface area contributed by atoms with Crippen LogP contribution in [0, 0.1) is 6.92 Å². The first kappa shape index (κ1) is 32.6. The predicted molar refractivity (Wildman–Crippen MR) is 135 cm³/mol. The highest BCUT2D eigenvalue weighted by Crippen LogP contribution is 2.46. The molecule has 0 bridgehead atoms. The smallest absolute Gasteiger partial charge is 0.466 e. The fraction of sp³-hybridized carbons (Fsp3) is 0.615. The monoisotopic (exact) mass is 607 g/mol. The van der Waals surface area contributed by atoms with E-state index >= 15 is 0 Å². The molecule has 228 valence electrons. The van der Waals surface area contributed by atoms with Gasteiger partial charge in [-0.25, -0.2) is 4.79 Å². The maximum atomic E-state index is 13.4. The average Bonchev–Trinajstić information content (AvgIpc) is 3.23. The number of hydrogen-bond donors (Lipinski definition) is 1. The lowest BCUT2D eigenvalue weighted by Gasteiger charge is -2.48. The van der Waals surface area contributed by atoms with Gasteiger partial charge in [0.05, 0.1) is 19.8 Å². The summed E-state index contributed by atoms with van der Waals surface area (Å²) in [6, 6.07) is 5.14. The van der Waals surface area contributed by atoms with E-state index < -0.39 is 77.6 Å². The average molecular weight is 608 g/mol. The normalized spacial score (nSPS) is 28.3. The number of nitrogens with one attached hydrogen (secondary N) is 1. The molecule has 1 aromatic rings. The molecular formula is C26H32F3NO10S. The minimum absolute atomic E-state index is 0.181. The first-order chi connectivity index (χ1) is 19.0. The molecule has 2 aliphatic rings. The third-order valence-electron chi connectivity index (χ3n) is 6.25. The van der Waals surface area contributed by atoms with Crippen molar-refractivity contribution in [2.75, 3.05) is 13.7 Å². The van der Waals surface area contributed by atoms with Crippen LogP contribution in [0.5, 0.6) is 0 Å². The summed E-state index contributed by atoms with van der Waals surface area (Å²) in [7, 11) is 1.08. The number of amides is 1. The Labute approximate surface area is 238 Å². The summed E-state index contributed by atoms with van der Waals surface area (Å²) >= 11 is 0.858. The van der Waals surface area contributed by atoms with E-state index in [1.165, 1.54) is 0 Å². The van der Waals surface area contributed by atoms with Gasteiger partial charge in [0, 0.05) is 25.2 Å². The van der Waals surface area contributed by atoms with Gasteiger partial charge < -0.3 is 33.7 Å². The number of methoxy groups -OCH3 is 1. The summed E-state index contributed by atoms with van der Waals surface area (Å²) in [5.74, 6) is -6.27. The van der Waals surface area contributed by atoms with E-state index in [4.69, 9.17) is 28.4 Å². The third-order valence-corrected chi connectivity index (χ3v) is 7.51. The molecule has 3 rings (SSSR count). The standard InChI is InChI=1S/C26H32F3NO10S/c1-13-7-9-16(10-8-13)41-25(23(34)35-6)11-17(37-14(2)31)19(30-22(33)26(27,28)29)21(40-25)20(38-15(3)32)18-12-36-24(4,5)39-18/h7-10,17-21H,11-12H2,1-6H3,(H,30,33)/t17-,18+,19+,20+,21+,25-/m0/s1. The Morgan fingerprint density at radius 3 is 2.20 bits per heavy atom. The number of halogens is 3. The van der Waals surface area contributed by atoms with Gasteiger partial charge in [0.15, 0.2) is 11.9 Å². The Hall–Kier alpha value is -2.88. The number of benzene rings is 1. The van der Waals surface area contributed by atoms with E-state index in [9.17, 15) is 32.3 Å². The number of esters is 3. The van der Waals surface area contributed by atoms with Crippen molar-refractivity contribution in [2.45, 2.75) is 93.3 Å². The SMILES string of the molecule is COC(=O)[C@@]1(Sc2ccc(C)cc2)C[C@H](OC(C)=O)[C@@H](NC(=O)C(F)(F)F)[C@H]([C@H](OC(C)=O)[C@H]2COC(C)(C)O2)O1. The van der Waals surface area contributed by atoms with Crippen LogP contribution in [-0.4, -0.2) is 84.9 Å². The fourth-order valence-electron chi connectivity index (χ4n) is 4.57. The van der Waals surface area contributed by atoms with Gasteiger partial charge in [-0.1, -0.05) is 29.5 Å². The minimum Gasteiger partial charge on any atom is -0.466 e. The zero-order chi connectivity index (χ0) is 30.8. The van der Waals surface area contributed by atoms with Gasteiger partial charge in [-0.2, -0.15) is 13.2 Å². The van der Waals surface area contributed by atoms with Gasteiger partial charge in [0.25, 0.3) is 0 Å². The first-order valence-corrected chi connectivity index (χ1v) is 13.3. The van der Waals surface area contributed by atoms with Gasteiger partial charge in [0.2, 0.25) is 4.93 Å². The lowest BCUT2D eigenvalue weighted by Crippen LogP contribution is -2.68. The number of carbonyl (C=O) groups excluding carboxylic acids is 4. The lowest BCUT2D eigenvalue weighted by atomic mass is 9.89. The van der Waals surface area contributed by atoms with Gasteiger partial charge in [-0.05, 0) is 32.9 Å². The molecule has 1 aromatic carbocycles. The molecule has 2 saturated heterocycles. The molecule has 1 amide bonds. The molecule has 41 heavy (non-hydrogen) atoms. The molecule has 0 spiro atoms. The highest BCUT2D eigenvalue weighted by atomic mass is 32.2. The molecule has 0 aliphatic carbocycles. The van der Waals surface area contributed by atoms with Crippen LogP contribution < -0.4 is 5.32 Å². The second-order valence-corrected chi connectivity index (χ2v) is 11.4. The van der Waals surface area contributed by atoms with Crippen molar-refractivity contribution in [3.8, 4) is 0 Å². The summed E-state index contributed by atoms with van der Waals surface area (Å²) in [4.78, 5) is 48.3. The third kappa shape index (κ3) is 8.11. The van der Waals surface area contributed by atoms with Crippen molar-refractivity contribution in [1.82, 2.24) is 5.32 Å². The number of carbonyl (C=O) groups is 4. The topological polar surface area (TPSA) is 136 Å². The first-order valence-electron chi connectivity index (χ1n) is 12.5. The zero-order valence-corrected chi connectivity index (χ0v) is 24.1. The molecule has 11 nitrogen and oxygen atoms in total. The quantitative estimate of drug-likeness (QED) is 0.345. The highest BCUT2D eigenvalue weighted by Gasteiger charge is 2.60. The van der Waals surface area contributed by atoms with E-state index in [-0.39, 0.29) is 6.61 Å². The number of aryl methyl sites for hydroxylation is 1. The molecule has 0 saturated carbocycles. The van der Waals surface area contributed by atoms with Crippen LogP contribution in [0.1, 0.15) is 39.7 Å². The van der Waals surface area contributed by atoms with Crippen molar-refractivity contribution < 1.29 is 60.8 Å². The summed E-state index contributed by atoms with van der Waals surface area (Å²) in [5.41, 5.74) is 0.910. The van der Waals surface area contributed by atoms with Crippen molar-refractivity contribution in [1.29, 1.82) is 0 Å². The van der Waals surface area contributed by atoms with E-state index in [0.717, 1.165) is 38.3 Å². The minimum atomic E-state index is -5.33. The number of rotatable bonds is 8. The van der Waals surface area contributed by atoms with Gasteiger partial charge in [-0.3, -0.25) is 14.4 Å². The summed E-state index contributed by atoms with van der Waals surface area (Å²) in [6.45, 7) is 6.86. The van der Waals surface area contributed by atoms with Crippen LogP contribution in [0.3, 0.4) is 0 Å². The van der Waals surface area contributed by atoms with E-state index in [1.54, 1.807) is 38.1 Å². The van der Waals surface area contributed by atoms with Crippen LogP contribution in [-0.2, 0) is 47.6 Å². The van der Waals surface area contributed by atoms with Crippen LogP contribution in [0.2, 0.25) is 0 Å². The maximum Gasteiger partial charge on any atom is 0.471 e.